The third kappa shape index (κ3) is 1.17. The Morgan fingerprint density at radius 2 is 1.92 bits per heavy atom. The highest BCUT2D eigenvalue weighted by molar-refractivity contribution is 4.96. The van der Waals surface area contributed by atoms with E-state index in [2.05, 4.69) is 11.9 Å². The fourth-order valence-corrected chi connectivity index (χ4v) is 3.05. The van der Waals surface area contributed by atoms with Crippen LogP contribution < -0.4 is 0 Å². The van der Waals surface area contributed by atoms with Gasteiger partial charge in [0.2, 0.25) is 0 Å². The maximum absolute atomic E-state index is 9.59. The van der Waals surface area contributed by atoms with Crippen LogP contribution in [0.3, 0.4) is 0 Å². The number of fused-ring (bicyclic) bond motifs is 2. The Kier molecular flexibility index (Phi) is 2.13. The SMILES string of the molecule is C[C@H](O)[C@H]1CC[C@@H]2CC[C@H]1N2C. The zero-order valence-corrected chi connectivity index (χ0v) is 8.03. The highest BCUT2D eigenvalue weighted by Gasteiger charge is 2.41. The number of aliphatic hydroxyl groups excluding tert-OH is 1. The smallest absolute Gasteiger partial charge is 0.0555 e. The van der Waals surface area contributed by atoms with Gasteiger partial charge in [-0.2, -0.15) is 0 Å². The number of hydrogen-bond acceptors (Lipinski definition) is 2. The van der Waals surface area contributed by atoms with E-state index >= 15 is 0 Å². The van der Waals surface area contributed by atoms with E-state index in [1.165, 1.54) is 25.7 Å². The molecule has 2 fully saturated rings. The predicted octanol–water partition coefficient (Wildman–Crippen LogP) is 1.24. The van der Waals surface area contributed by atoms with Crippen LogP contribution in [0.15, 0.2) is 0 Å². The average Bonchev–Trinajstić information content (AvgIpc) is 2.32. The first-order chi connectivity index (χ1) is 5.70. The summed E-state index contributed by atoms with van der Waals surface area (Å²) in [5.41, 5.74) is 0. The maximum Gasteiger partial charge on any atom is 0.0555 e. The van der Waals surface area contributed by atoms with Crippen molar-refractivity contribution in [1.82, 2.24) is 4.90 Å². The topological polar surface area (TPSA) is 23.5 Å². The summed E-state index contributed by atoms with van der Waals surface area (Å²) < 4.78 is 0. The number of piperidine rings is 1. The minimum Gasteiger partial charge on any atom is -0.393 e. The van der Waals surface area contributed by atoms with Crippen LogP contribution in [0.2, 0.25) is 0 Å². The molecule has 0 radical (unpaired) electrons. The van der Waals surface area contributed by atoms with E-state index in [9.17, 15) is 5.11 Å². The van der Waals surface area contributed by atoms with Gasteiger partial charge in [0.15, 0.2) is 0 Å². The number of hydrogen-bond donors (Lipinski definition) is 1. The summed E-state index contributed by atoms with van der Waals surface area (Å²) in [4.78, 5) is 2.49. The summed E-state index contributed by atoms with van der Waals surface area (Å²) in [5.74, 6) is 0.536. The maximum atomic E-state index is 9.59. The van der Waals surface area contributed by atoms with Crippen LogP contribution in [-0.4, -0.2) is 35.2 Å². The third-order valence-corrected chi connectivity index (χ3v) is 3.84. The molecule has 70 valence electrons. The third-order valence-electron chi connectivity index (χ3n) is 3.84. The molecule has 0 aromatic heterocycles. The van der Waals surface area contributed by atoms with Crippen molar-refractivity contribution in [3.05, 3.63) is 0 Å². The fraction of sp³-hybridized carbons (Fsp3) is 1.00. The van der Waals surface area contributed by atoms with Gasteiger partial charge in [-0.15, -0.1) is 0 Å². The highest BCUT2D eigenvalue weighted by atomic mass is 16.3. The molecule has 0 aliphatic carbocycles. The Morgan fingerprint density at radius 3 is 2.58 bits per heavy atom. The summed E-state index contributed by atoms with van der Waals surface area (Å²) in [5, 5.41) is 9.59. The second-order valence-corrected chi connectivity index (χ2v) is 4.45. The number of nitrogens with zero attached hydrogens (tertiary/aromatic N) is 1. The molecule has 2 heteroatoms. The molecule has 2 bridgehead atoms. The van der Waals surface area contributed by atoms with Crippen molar-refractivity contribution in [2.75, 3.05) is 7.05 Å². The Morgan fingerprint density at radius 1 is 1.25 bits per heavy atom. The van der Waals surface area contributed by atoms with Gasteiger partial charge in [-0.3, -0.25) is 0 Å². The van der Waals surface area contributed by atoms with E-state index in [0.29, 0.717) is 12.0 Å². The first-order valence-electron chi connectivity index (χ1n) is 5.10. The summed E-state index contributed by atoms with van der Waals surface area (Å²) in [6.45, 7) is 1.94. The van der Waals surface area contributed by atoms with Crippen molar-refractivity contribution < 1.29 is 5.11 Å². The van der Waals surface area contributed by atoms with Gasteiger partial charge in [0.05, 0.1) is 6.10 Å². The second kappa shape index (κ2) is 3.00. The Balaban J connectivity index is 2.09. The fourth-order valence-electron chi connectivity index (χ4n) is 3.05. The quantitative estimate of drug-likeness (QED) is 0.638. The molecular formula is C10H19NO. The first kappa shape index (κ1) is 8.52. The van der Waals surface area contributed by atoms with Crippen molar-refractivity contribution in [3.8, 4) is 0 Å². The number of aliphatic hydroxyl groups is 1. The second-order valence-electron chi connectivity index (χ2n) is 4.45. The van der Waals surface area contributed by atoms with Gasteiger partial charge in [0.1, 0.15) is 0 Å². The molecule has 2 saturated heterocycles. The van der Waals surface area contributed by atoms with Crippen molar-refractivity contribution in [2.24, 2.45) is 5.92 Å². The van der Waals surface area contributed by atoms with E-state index in [1.54, 1.807) is 0 Å². The molecule has 2 heterocycles. The molecule has 2 rings (SSSR count). The molecular weight excluding hydrogens is 150 g/mol. The number of rotatable bonds is 1. The lowest BCUT2D eigenvalue weighted by Gasteiger charge is -2.38. The first-order valence-corrected chi connectivity index (χ1v) is 5.10. The molecule has 2 aliphatic rings. The van der Waals surface area contributed by atoms with Crippen molar-refractivity contribution in [3.63, 3.8) is 0 Å². The molecule has 0 unspecified atom stereocenters. The van der Waals surface area contributed by atoms with E-state index < -0.39 is 0 Å². The molecule has 2 aliphatic heterocycles. The van der Waals surface area contributed by atoms with Gasteiger partial charge in [0.25, 0.3) is 0 Å². The van der Waals surface area contributed by atoms with E-state index in [-0.39, 0.29) is 6.10 Å². The summed E-state index contributed by atoms with van der Waals surface area (Å²) in [7, 11) is 2.22. The van der Waals surface area contributed by atoms with Crippen LogP contribution in [0.25, 0.3) is 0 Å². The Bertz CT molecular complexity index is 169. The summed E-state index contributed by atoms with van der Waals surface area (Å²) in [6, 6.07) is 1.49. The van der Waals surface area contributed by atoms with Gasteiger partial charge in [0, 0.05) is 18.0 Å². The van der Waals surface area contributed by atoms with Gasteiger partial charge < -0.3 is 10.0 Å². The van der Waals surface area contributed by atoms with E-state index in [1.807, 2.05) is 6.92 Å². The Hall–Kier alpha value is -0.0800. The van der Waals surface area contributed by atoms with Gasteiger partial charge in [-0.1, -0.05) is 0 Å². The molecule has 0 aromatic rings. The largest absolute Gasteiger partial charge is 0.393 e. The van der Waals surface area contributed by atoms with Gasteiger partial charge in [-0.25, -0.2) is 0 Å². The lowest BCUT2D eigenvalue weighted by molar-refractivity contribution is 0.0294. The van der Waals surface area contributed by atoms with Gasteiger partial charge in [-0.05, 0) is 39.7 Å². The molecule has 1 N–H and O–H groups in total. The lowest BCUT2D eigenvalue weighted by Crippen LogP contribution is -2.45. The van der Waals surface area contributed by atoms with Crippen LogP contribution in [-0.2, 0) is 0 Å². The summed E-state index contributed by atoms with van der Waals surface area (Å²) >= 11 is 0. The molecule has 0 aromatic carbocycles. The van der Waals surface area contributed by atoms with Crippen molar-refractivity contribution in [1.29, 1.82) is 0 Å². The predicted molar refractivity (Wildman–Crippen MR) is 49.0 cm³/mol. The van der Waals surface area contributed by atoms with Crippen LogP contribution in [0, 0.1) is 5.92 Å². The van der Waals surface area contributed by atoms with Crippen molar-refractivity contribution >= 4 is 0 Å². The molecule has 12 heavy (non-hydrogen) atoms. The highest BCUT2D eigenvalue weighted by Crippen LogP contribution is 2.39. The standard InChI is InChI=1S/C10H19NO/c1-7(12)9-5-3-8-4-6-10(9)11(8)2/h7-10,12H,3-6H2,1-2H3/t7-,8+,9+,10+/m0/s1. The minimum absolute atomic E-state index is 0.114. The van der Waals surface area contributed by atoms with Crippen LogP contribution >= 0.6 is 0 Å². The molecule has 2 nitrogen and oxygen atoms in total. The van der Waals surface area contributed by atoms with E-state index in [4.69, 9.17) is 0 Å². The molecule has 0 amide bonds. The van der Waals surface area contributed by atoms with Crippen LogP contribution in [0.1, 0.15) is 32.6 Å². The van der Waals surface area contributed by atoms with Crippen LogP contribution in [0.4, 0.5) is 0 Å². The van der Waals surface area contributed by atoms with Crippen molar-refractivity contribution in [2.45, 2.75) is 50.8 Å². The minimum atomic E-state index is -0.114. The van der Waals surface area contributed by atoms with Crippen LogP contribution in [0.5, 0.6) is 0 Å². The summed E-state index contributed by atoms with van der Waals surface area (Å²) in [6.07, 6.45) is 5.07. The zero-order valence-electron chi connectivity index (χ0n) is 8.03. The van der Waals surface area contributed by atoms with E-state index in [0.717, 1.165) is 6.04 Å². The molecule has 0 spiro atoms. The normalized spacial score (nSPS) is 44.8. The Labute approximate surface area is 74.6 Å². The lowest BCUT2D eigenvalue weighted by atomic mass is 9.87. The molecule has 4 atom stereocenters. The average molecular weight is 169 g/mol. The molecule has 0 saturated carbocycles. The van der Waals surface area contributed by atoms with Gasteiger partial charge >= 0.3 is 0 Å². The monoisotopic (exact) mass is 169 g/mol. The zero-order chi connectivity index (χ0) is 8.72.